The molecule has 0 amide bonds. The van der Waals surface area contributed by atoms with Gasteiger partial charge in [-0.3, -0.25) is 0 Å². The van der Waals surface area contributed by atoms with Gasteiger partial charge in [-0.1, -0.05) is 0 Å². The summed E-state index contributed by atoms with van der Waals surface area (Å²) >= 11 is 15.3. The van der Waals surface area contributed by atoms with Gasteiger partial charge in [-0.15, -0.1) is 0 Å². The van der Waals surface area contributed by atoms with E-state index in [1.54, 1.807) is 6.74 Å². The van der Waals surface area contributed by atoms with Gasteiger partial charge in [0.2, 0.25) is 0 Å². The van der Waals surface area contributed by atoms with Crippen LogP contribution in [0.25, 0.3) is 0 Å². The fourth-order valence-electron chi connectivity index (χ4n) is 0.712. The molecule has 0 unspecified atom stereocenters. The summed E-state index contributed by atoms with van der Waals surface area (Å²) in [6.45, 7) is 0. The van der Waals surface area contributed by atoms with Gasteiger partial charge in [0.25, 0.3) is 0 Å². The molecule has 0 N–H and O–H groups in total. The molecule has 0 aromatic carbocycles. The van der Waals surface area contributed by atoms with Crippen LogP contribution >= 0.6 is 0 Å². The third-order valence-electron chi connectivity index (χ3n) is 1.24. The molecule has 2 rings (SSSR count). The van der Waals surface area contributed by atoms with Gasteiger partial charge in [0.05, 0.1) is 0 Å². The second-order valence-corrected chi connectivity index (χ2v) is 22.0. The standard InChI is InChI=1S/C6Se8/c7-1-2(8)12-5(11-1)6-13-3(9)4(10)14-6. The van der Waals surface area contributed by atoms with Crippen LogP contribution in [0.3, 0.4) is 0 Å². The number of rotatable bonds is 0. The van der Waals surface area contributed by atoms with Crippen molar-refractivity contribution in [3.63, 3.8) is 0 Å². The van der Waals surface area contributed by atoms with E-state index in [1.807, 2.05) is 0 Å². The van der Waals surface area contributed by atoms with Crippen molar-refractivity contribution in [2.45, 2.75) is 0 Å². The van der Waals surface area contributed by atoms with E-state index in [1.165, 1.54) is 13.5 Å². The summed E-state index contributed by atoms with van der Waals surface area (Å²) in [6, 6.07) is 0. The molecule has 4 radical (unpaired) electrons. The van der Waals surface area contributed by atoms with Crippen molar-refractivity contribution in [2.24, 2.45) is 0 Å². The van der Waals surface area contributed by atoms with Crippen molar-refractivity contribution in [1.29, 1.82) is 0 Å². The van der Waals surface area contributed by atoms with Gasteiger partial charge in [-0.25, -0.2) is 0 Å². The second kappa shape index (κ2) is 6.01. The van der Waals surface area contributed by atoms with Crippen LogP contribution in [0.15, 0.2) is 20.2 Å². The molecular weight excluding hydrogens is 704 g/mol. The first-order valence-electron chi connectivity index (χ1n) is 3.20. The molecule has 0 atom stereocenters. The molecule has 0 spiro atoms. The first kappa shape index (κ1) is 13.8. The van der Waals surface area contributed by atoms with Gasteiger partial charge < -0.3 is 0 Å². The van der Waals surface area contributed by atoms with Gasteiger partial charge in [-0.05, 0) is 0 Å². The second-order valence-electron chi connectivity index (χ2n) is 2.13. The first-order chi connectivity index (χ1) is 6.58. The van der Waals surface area contributed by atoms with E-state index in [0.717, 1.165) is 0 Å². The molecule has 14 heavy (non-hydrogen) atoms. The molecule has 2 aliphatic heterocycles. The van der Waals surface area contributed by atoms with Crippen LogP contribution in [-0.4, -0.2) is 124 Å². The van der Waals surface area contributed by atoms with Crippen molar-refractivity contribution in [3.05, 3.63) is 20.2 Å². The zero-order valence-electron chi connectivity index (χ0n) is 6.27. The van der Waals surface area contributed by atoms with Crippen molar-refractivity contribution < 1.29 is 0 Å². The minimum atomic E-state index is 0.629. The minimum absolute atomic E-state index is 0.629. The molecule has 0 aromatic heterocycles. The summed E-state index contributed by atoms with van der Waals surface area (Å²) < 4.78 is 9.66. The summed E-state index contributed by atoms with van der Waals surface area (Å²) in [5.74, 6) is 0. The van der Waals surface area contributed by atoms with Crippen molar-refractivity contribution >= 4 is 124 Å². The maximum atomic E-state index is 3.21. The van der Waals surface area contributed by atoms with Gasteiger partial charge in [0.1, 0.15) is 0 Å². The summed E-state index contributed by atoms with van der Waals surface area (Å²) in [5.41, 5.74) is 0. The predicted molar refractivity (Wildman–Crippen MR) is 67.1 cm³/mol. The predicted octanol–water partition coefficient (Wildman–Crippen LogP) is -2.12. The Hall–Kier alpha value is 3.38. The molecule has 2 aliphatic rings. The molecule has 2 heterocycles. The Balaban J connectivity index is 2.17. The van der Waals surface area contributed by atoms with E-state index < -0.39 is 0 Å². The monoisotopic (exact) mass is 711 g/mol. The van der Waals surface area contributed by atoms with Crippen LogP contribution in [0.4, 0.5) is 0 Å². The van der Waals surface area contributed by atoms with Gasteiger partial charge in [-0.2, -0.15) is 0 Å². The zero-order chi connectivity index (χ0) is 10.3. The Kier molecular flexibility index (Phi) is 5.93. The Bertz CT molecular complexity index is 307. The molecule has 0 nitrogen and oxygen atoms in total. The molecular formula is C6Se8. The average Bonchev–Trinajstić information content (AvgIpc) is 2.60. The Labute approximate surface area is 141 Å². The molecule has 72 valence electrons. The van der Waals surface area contributed by atoms with E-state index in [9.17, 15) is 0 Å². The fraction of sp³-hybridized carbons (Fsp3) is 0. The van der Waals surface area contributed by atoms with E-state index in [-0.39, 0.29) is 0 Å². The van der Waals surface area contributed by atoms with E-state index in [2.05, 4.69) is 64.1 Å². The van der Waals surface area contributed by atoms with Crippen molar-refractivity contribution in [1.82, 2.24) is 0 Å². The van der Waals surface area contributed by atoms with Crippen LogP contribution in [0, 0.1) is 0 Å². The fourth-order valence-corrected chi connectivity index (χ4v) is 24.7. The molecule has 8 heteroatoms. The third-order valence-corrected chi connectivity index (χ3v) is 24.6. The van der Waals surface area contributed by atoms with E-state index >= 15 is 0 Å². The summed E-state index contributed by atoms with van der Waals surface area (Å²) in [7, 11) is 0. The third kappa shape index (κ3) is 3.23. The van der Waals surface area contributed by atoms with Crippen LogP contribution in [0.2, 0.25) is 0 Å². The number of hydrogen-bond acceptors (Lipinski definition) is 0. The maximum absolute atomic E-state index is 3.21. The normalized spacial score (nSPS) is 22.9. The Morgan fingerprint density at radius 3 is 0.929 bits per heavy atom. The summed E-state index contributed by atoms with van der Waals surface area (Å²) in [4.78, 5) is 0. The van der Waals surface area contributed by atoms with E-state index in [4.69, 9.17) is 0 Å². The van der Waals surface area contributed by atoms with Gasteiger partial charge in [0, 0.05) is 0 Å². The summed E-state index contributed by atoms with van der Waals surface area (Å²) in [6.07, 6.45) is 0. The molecule has 0 aromatic rings. The van der Waals surface area contributed by atoms with Crippen LogP contribution in [-0.2, 0) is 0 Å². The molecule has 0 aliphatic carbocycles. The molecule has 0 saturated heterocycles. The zero-order valence-corrected chi connectivity index (χ0v) is 20.0. The topological polar surface area (TPSA) is 0 Å². The first-order valence-corrected chi connectivity index (χ1v) is 13.5. The van der Waals surface area contributed by atoms with E-state index in [0.29, 0.717) is 59.8 Å². The van der Waals surface area contributed by atoms with Crippen LogP contribution in [0.5, 0.6) is 0 Å². The van der Waals surface area contributed by atoms with Gasteiger partial charge in [0.15, 0.2) is 0 Å². The molecule has 0 saturated carbocycles. The van der Waals surface area contributed by atoms with Crippen LogP contribution < -0.4 is 0 Å². The summed E-state index contributed by atoms with van der Waals surface area (Å²) in [5, 5.41) is 0. The Morgan fingerprint density at radius 1 is 0.500 bits per heavy atom. The molecule has 0 fully saturated rings. The Morgan fingerprint density at radius 2 is 0.714 bits per heavy atom. The molecule has 0 bridgehead atoms. The quantitative estimate of drug-likeness (QED) is 0.254. The number of hydrogen-bond donors (Lipinski definition) is 0. The van der Waals surface area contributed by atoms with Crippen molar-refractivity contribution in [2.75, 3.05) is 0 Å². The average molecular weight is 704 g/mol. The van der Waals surface area contributed by atoms with Gasteiger partial charge >= 0.3 is 144 Å². The van der Waals surface area contributed by atoms with Crippen molar-refractivity contribution in [3.8, 4) is 0 Å². The van der Waals surface area contributed by atoms with Crippen LogP contribution in [0.1, 0.15) is 0 Å². The SMILES string of the molecule is [Se]C1=C([Se])[Se]C(=C2[Se]C([Se])=C([Se])[Se]2)[Se]1.